The first-order chi connectivity index (χ1) is 14.9. The number of hydrogen-bond donors (Lipinski definition) is 7. The van der Waals surface area contributed by atoms with Gasteiger partial charge in [-0.3, -0.25) is 19.4 Å². The van der Waals surface area contributed by atoms with E-state index in [0.717, 1.165) is 0 Å². The number of aliphatic carboxylic acids is 1. The van der Waals surface area contributed by atoms with Gasteiger partial charge in [-0.05, 0) is 44.1 Å². The van der Waals surface area contributed by atoms with Crippen LogP contribution in [-0.4, -0.2) is 77.5 Å². The Morgan fingerprint density at radius 1 is 0.969 bits per heavy atom. The molecule has 0 aromatic carbocycles. The van der Waals surface area contributed by atoms with Crippen LogP contribution in [0.3, 0.4) is 0 Å². The fourth-order valence-electron chi connectivity index (χ4n) is 2.60. The van der Waals surface area contributed by atoms with Crippen molar-refractivity contribution in [3.63, 3.8) is 0 Å². The second kappa shape index (κ2) is 15.3. The minimum atomic E-state index is -1.18. The van der Waals surface area contributed by atoms with Crippen molar-refractivity contribution in [3.05, 3.63) is 0 Å². The van der Waals surface area contributed by atoms with Gasteiger partial charge in [-0.1, -0.05) is 13.8 Å². The highest BCUT2D eigenvalue weighted by atomic mass is 32.2. The lowest BCUT2D eigenvalue weighted by atomic mass is 10.0. The molecule has 0 aromatic rings. The molecule has 184 valence electrons. The zero-order chi connectivity index (χ0) is 24.8. The van der Waals surface area contributed by atoms with Crippen LogP contribution in [0.15, 0.2) is 4.99 Å². The summed E-state index contributed by atoms with van der Waals surface area (Å²) in [5.74, 6) is -2.67. The van der Waals surface area contributed by atoms with E-state index in [1.807, 2.05) is 6.26 Å². The average Bonchev–Trinajstić information content (AvgIpc) is 2.70. The van der Waals surface area contributed by atoms with Crippen LogP contribution in [0.5, 0.6) is 0 Å². The van der Waals surface area contributed by atoms with Crippen LogP contribution in [0, 0.1) is 5.92 Å². The van der Waals surface area contributed by atoms with E-state index in [4.69, 9.17) is 17.2 Å². The molecule has 0 aliphatic carbocycles. The maximum absolute atomic E-state index is 12.7. The fourth-order valence-corrected chi connectivity index (χ4v) is 3.09. The first kappa shape index (κ1) is 29.5. The van der Waals surface area contributed by atoms with Crippen molar-refractivity contribution in [1.82, 2.24) is 16.0 Å². The van der Waals surface area contributed by atoms with Crippen LogP contribution in [0.4, 0.5) is 0 Å². The molecule has 32 heavy (non-hydrogen) atoms. The number of rotatable bonds is 15. The summed E-state index contributed by atoms with van der Waals surface area (Å²) < 4.78 is 0. The number of carboxylic acid groups (broad SMARTS) is 1. The predicted molar refractivity (Wildman–Crippen MR) is 125 cm³/mol. The summed E-state index contributed by atoms with van der Waals surface area (Å²) in [6.07, 6.45) is 2.87. The Labute approximate surface area is 192 Å². The number of nitrogens with zero attached hydrogens (tertiary/aromatic N) is 1. The molecule has 0 aliphatic rings. The van der Waals surface area contributed by atoms with Crippen LogP contribution < -0.4 is 33.2 Å². The number of aliphatic imine (C=N–C) groups is 1. The Balaban J connectivity index is 5.17. The fraction of sp³-hybridized carbons (Fsp3) is 0.737. The highest BCUT2D eigenvalue weighted by Crippen LogP contribution is 2.06. The van der Waals surface area contributed by atoms with Gasteiger partial charge in [-0.15, -0.1) is 0 Å². The summed E-state index contributed by atoms with van der Waals surface area (Å²) >= 11 is 1.55. The van der Waals surface area contributed by atoms with E-state index in [-0.39, 0.29) is 24.8 Å². The minimum absolute atomic E-state index is 0.102. The molecule has 3 amide bonds. The molecule has 0 saturated heterocycles. The third-order valence-corrected chi connectivity index (χ3v) is 5.17. The van der Waals surface area contributed by atoms with Crippen molar-refractivity contribution < 1.29 is 24.3 Å². The van der Waals surface area contributed by atoms with Crippen molar-refractivity contribution in [2.24, 2.45) is 28.1 Å². The quantitative estimate of drug-likeness (QED) is 0.0817. The van der Waals surface area contributed by atoms with E-state index >= 15 is 0 Å². The highest BCUT2D eigenvalue weighted by Gasteiger charge is 2.29. The maximum atomic E-state index is 12.7. The van der Waals surface area contributed by atoms with Gasteiger partial charge in [0.2, 0.25) is 17.7 Å². The number of nitrogens with two attached hydrogens (primary N) is 3. The molecule has 0 saturated carbocycles. The van der Waals surface area contributed by atoms with Gasteiger partial charge in [0.05, 0.1) is 6.04 Å². The van der Waals surface area contributed by atoms with Gasteiger partial charge in [0.15, 0.2) is 5.96 Å². The SMILES string of the molecule is CSCCC(N)C(=O)NC(C)C(=O)NC(CCCN=C(N)N)C(=O)NC(C(=O)O)C(C)C. The molecule has 0 radical (unpaired) electrons. The Kier molecular flexibility index (Phi) is 14.1. The molecule has 0 fully saturated rings. The zero-order valence-electron chi connectivity index (χ0n) is 19.1. The summed E-state index contributed by atoms with van der Waals surface area (Å²) in [6, 6.07) is -3.86. The van der Waals surface area contributed by atoms with Gasteiger partial charge in [0.25, 0.3) is 0 Å². The summed E-state index contributed by atoms with van der Waals surface area (Å²) in [5.41, 5.74) is 16.4. The molecular formula is C19H37N7O5S. The monoisotopic (exact) mass is 475 g/mol. The Morgan fingerprint density at radius 2 is 1.59 bits per heavy atom. The lowest BCUT2D eigenvalue weighted by Crippen LogP contribution is -2.57. The standard InChI is InChI=1S/C19H37N7O5S/c1-10(2)14(18(30)31)26-17(29)13(6-5-8-23-19(21)22)25-15(27)11(3)24-16(28)12(20)7-9-32-4/h10-14H,5-9,20H2,1-4H3,(H,24,28)(H,25,27)(H,26,29)(H,30,31)(H4,21,22,23). The molecule has 0 heterocycles. The number of guanidine groups is 1. The second-order valence-corrected chi connectivity index (χ2v) is 8.68. The van der Waals surface area contributed by atoms with Gasteiger partial charge < -0.3 is 38.3 Å². The molecule has 0 aromatic heterocycles. The zero-order valence-corrected chi connectivity index (χ0v) is 19.9. The second-order valence-electron chi connectivity index (χ2n) is 7.70. The number of carbonyl (C=O) groups excluding carboxylic acids is 3. The average molecular weight is 476 g/mol. The number of nitrogens with one attached hydrogen (secondary N) is 3. The third-order valence-electron chi connectivity index (χ3n) is 4.53. The van der Waals surface area contributed by atoms with Crippen LogP contribution in [0.2, 0.25) is 0 Å². The van der Waals surface area contributed by atoms with Gasteiger partial charge in [0, 0.05) is 6.54 Å². The number of carboxylic acids is 1. The van der Waals surface area contributed by atoms with Crippen molar-refractivity contribution >= 4 is 41.4 Å². The summed E-state index contributed by atoms with van der Waals surface area (Å²) in [5, 5.41) is 16.9. The van der Waals surface area contributed by atoms with Gasteiger partial charge in [0.1, 0.15) is 18.1 Å². The van der Waals surface area contributed by atoms with Crippen molar-refractivity contribution in [1.29, 1.82) is 0 Å². The normalized spacial score (nSPS) is 14.6. The molecule has 13 heteroatoms. The molecule has 0 bridgehead atoms. The predicted octanol–water partition coefficient (Wildman–Crippen LogP) is -1.66. The van der Waals surface area contributed by atoms with Gasteiger partial charge in [-0.2, -0.15) is 11.8 Å². The number of amides is 3. The molecule has 4 atom stereocenters. The van der Waals surface area contributed by atoms with Gasteiger partial charge in [-0.25, -0.2) is 4.79 Å². The molecule has 0 aliphatic heterocycles. The lowest BCUT2D eigenvalue weighted by molar-refractivity contribution is -0.143. The Bertz CT molecular complexity index is 670. The molecule has 4 unspecified atom stereocenters. The van der Waals surface area contributed by atoms with Crippen LogP contribution >= 0.6 is 11.8 Å². The summed E-state index contributed by atoms with van der Waals surface area (Å²) in [6.45, 7) is 5.01. The topological polar surface area (TPSA) is 215 Å². The smallest absolute Gasteiger partial charge is 0.326 e. The summed E-state index contributed by atoms with van der Waals surface area (Å²) in [4.78, 5) is 52.7. The Morgan fingerprint density at radius 3 is 2.09 bits per heavy atom. The summed E-state index contributed by atoms with van der Waals surface area (Å²) in [7, 11) is 0. The molecule has 10 N–H and O–H groups in total. The van der Waals surface area contributed by atoms with Crippen molar-refractivity contribution in [2.75, 3.05) is 18.6 Å². The van der Waals surface area contributed by atoms with E-state index in [0.29, 0.717) is 18.6 Å². The number of carbonyl (C=O) groups is 4. The Hall–Kier alpha value is -2.54. The molecule has 0 spiro atoms. The van der Waals surface area contributed by atoms with E-state index < -0.39 is 47.9 Å². The largest absolute Gasteiger partial charge is 0.480 e. The van der Waals surface area contributed by atoms with E-state index in [1.165, 1.54) is 6.92 Å². The van der Waals surface area contributed by atoms with E-state index in [2.05, 4.69) is 20.9 Å². The van der Waals surface area contributed by atoms with E-state index in [9.17, 15) is 24.3 Å². The third kappa shape index (κ3) is 11.7. The van der Waals surface area contributed by atoms with Crippen LogP contribution in [-0.2, 0) is 19.2 Å². The molecule has 12 nitrogen and oxygen atoms in total. The van der Waals surface area contributed by atoms with Gasteiger partial charge >= 0.3 is 5.97 Å². The highest BCUT2D eigenvalue weighted by molar-refractivity contribution is 7.98. The maximum Gasteiger partial charge on any atom is 0.326 e. The van der Waals surface area contributed by atoms with Crippen molar-refractivity contribution in [2.45, 2.75) is 64.2 Å². The first-order valence-corrected chi connectivity index (χ1v) is 11.7. The number of thioether (sulfide) groups is 1. The van der Waals surface area contributed by atoms with E-state index in [1.54, 1.807) is 25.6 Å². The van der Waals surface area contributed by atoms with Crippen LogP contribution in [0.1, 0.15) is 40.0 Å². The first-order valence-electron chi connectivity index (χ1n) is 10.3. The lowest BCUT2D eigenvalue weighted by Gasteiger charge is -2.25. The number of hydrogen-bond acceptors (Lipinski definition) is 7. The van der Waals surface area contributed by atoms with Crippen molar-refractivity contribution in [3.8, 4) is 0 Å². The minimum Gasteiger partial charge on any atom is -0.480 e. The van der Waals surface area contributed by atoms with Crippen LogP contribution in [0.25, 0.3) is 0 Å². The molecule has 0 rings (SSSR count). The molecular weight excluding hydrogens is 438 g/mol.